The Morgan fingerprint density at radius 3 is 2.26 bits per heavy atom. The van der Waals surface area contributed by atoms with Gasteiger partial charge in [0.2, 0.25) is 5.72 Å². The number of nitrogens with one attached hydrogen (secondary N) is 2. The van der Waals surface area contributed by atoms with Gasteiger partial charge in [-0.3, -0.25) is 4.79 Å². The highest BCUT2D eigenvalue weighted by Gasteiger charge is 2.65. The van der Waals surface area contributed by atoms with E-state index in [-0.39, 0.29) is 10.7 Å². The van der Waals surface area contributed by atoms with Gasteiger partial charge in [0.05, 0.1) is 6.04 Å². The van der Waals surface area contributed by atoms with Crippen LogP contribution in [0.4, 0.5) is 13.2 Å². The van der Waals surface area contributed by atoms with Crippen molar-refractivity contribution in [2.24, 2.45) is 5.92 Å². The largest absolute Gasteiger partial charge is 0.437 e. The van der Waals surface area contributed by atoms with Gasteiger partial charge in [-0.2, -0.15) is 13.2 Å². The lowest BCUT2D eigenvalue weighted by Crippen LogP contribution is -2.72. The zero-order chi connectivity index (χ0) is 19.8. The van der Waals surface area contributed by atoms with Gasteiger partial charge in [0.25, 0.3) is 0 Å². The minimum atomic E-state index is -5.14. The predicted octanol–water partition coefficient (Wildman–Crippen LogP) is 3.72. The number of Topliss-reactive ketones (excluding diaryl/α,β-unsaturated/α-hetero) is 1. The van der Waals surface area contributed by atoms with E-state index < -0.39 is 29.6 Å². The molecular formula is C18H14BrF3N2O2S. The molecule has 0 aliphatic carbocycles. The summed E-state index contributed by atoms with van der Waals surface area (Å²) < 4.78 is 42.2. The molecule has 0 amide bonds. The zero-order valence-electron chi connectivity index (χ0n) is 13.6. The fraction of sp³-hybridized carbons (Fsp3) is 0.222. The summed E-state index contributed by atoms with van der Waals surface area (Å²) >= 11 is 8.14. The molecule has 4 nitrogen and oxygen atoms in total. The number of aliphatic hydroxyl groups is 1. The molecule has 1 aliphatic rings. The highest BCUT2D eigenvalue weighted by atomic mass is 79.9. The summed E-state index contributed by atoms with van der Waals surface area (Å²) in [6.07, 6.45) is -5.14. The number of ketones is 1. The molecule has 0 spiro atoms. The fourth-order valence-electron chi connectivity index (χ4n) is 3.07. The smallest absolute Gasteiger partial charge is 0.363 e. The second-order valence-corrected chi connectivity index (χ2v) is 7.42. The minimum absolute atomic E-state index is 0.0590. The average Bonchev–Trinajstić information content (AvgIpc) is 2.61. The van der Waals surface area contributed by atoms with Crippen LogP contribution in [0.3, 0.4) is 0 Å². The molecule has 3 N–H and O–H groups in total. The van der Waals surface area contributed by atoms with Crippen LogP contribution in [0.15, 0.2) is 59.1 Å². The van der Waals surface area contributed by atoms with E-state index in [0.29, 0.717) is 5.56 Å². The first-order chi connectivity index (χ1) is 12.6. The molecule has 0 aromatic heterocycles. The van der Waals surface area contributed by atoms with E-state index in [9.17, 15) is 23.1 Å². The lowest BCUT2D eigenvalue weighted by Gasteiger charge is -2.46. The Morgan fingerprint density at radius 1 is 1.11 bits per heavy atom. The molecule has 2 aromatic carbocycles. The van der Waals surface area contributed by atoms with Crippen molar-refractivity contribution in [3.8, 4) is 0 Å². The summed E-state index contributed by atoms with van der Waals surface area (Å²) in [5, 5.41) is 14.7. The standard InChI is InChI=1S/C18H14BrF3N2O2S/c19-12-8-6-10(7-9-12)14-13(15(25)11-4-2-1-3-5-11)17(26,18(20,21)22)24-16(27)23-14/h1-9,13-14,26H,(H2,23,24,27)/t13-,14-,17+/m1/s1. The van der Waals surface area contributed by atoms with E-state index >= 15 is 0 Å². The maximum atomic E-state index is 13.8. The molecule has 3 rings (SSSR count). The number of carbonyl (C=O) groups is 1. The molecule has 27 heavy (non-hydrogen) atoms. The normalized spacial score (nSPS) is 25.4. The average molecular weight is 459 g/mol. The van der Waals surface area contributed by atoms with Crippen molar-refractivity contribution in [1.29, 1.82) is 0 Å². The van der Waals surface area contributed by atoms with Crippen molar-refractivity contribution >= 4 is 39.0 Å². The van der Waals surface area contributed by atoms with Gasteiger partial charge in [0, 0.05) is 10.0 Å². The molecule has 2 aromatic rings. The Balaban J connectivity index is 2.15. The summed E-state index contributed by atoms with van der Waals surface area (Å²) in [5.74, 6) is -2.75. The van der Waals surface area contributed by atoms with Crippen LogP contribution in [0.1, 0.15) is 22.0 Å². The van der Waals surface area contributed by atoms with Crippen LogP contribution >= 0.6 is 28.1 Å². The highest BCUT2D eigenvalue weighted by Crippen LogP contribution is 2.44. The van der Waals surface area contributed by atoms with E-state index in [0.717, 1.165) is 4.47 Å². The van der Waals surface area contributed by atoms with Crippen LogP contribution < -0.4 is 10.6 Å². The number of halogens is 4. The van der Waals surface area contributed by atoms with Crippen LogP contribution in [-0.2, 0) is 0 Å². The molecule has 1 fully saturated rings. The topological polar surface area (TPSA) is 61.4 Å². The number of hydrogen-bond acceptors (Lipinski definition) is 3. The van der Waals surface area contributed by atoms with E-state index in [1.165, 1.54) is 12.1 Å². The summed E-state index contributed by atoms with van der Waals surface area (Å²) in [7, 11) is 0. The molecule has 1 heterocycles. The van der Waals surface area contributed by atoms with Crippen molar-refractivity contribution in [3.05, 3.63) is 70.2 Å². The molecule has 1 saturated heterocycles. The number of benzene rings is 2. The molecule has 3 atom stereocenters. The first-order valence-electron chi connectivity index (χ1n) is 7.86. The molecule has 9 heteroatoms. The molecule has 0 unspecified atom stereocenters. The SMILES string of the molecule is O=C(c1ccccc1)[C@H]1[C@@H](c2ccc(Br)cc2)NC(=S)N[C@@]1(O)C(F)(F)F. The summed E-state index contributed by atoms with van der Waals surface area (Å²) in [6, 6.07) is 12.8. The third-order valence-electron chi connectivity index (χ3n) is 4.38. The Kier molecular flexibility index (Phi) is 5.29. The molecule has 0 radical (unpaired) electrons. The first-order valence-corrected chi connectivity index (χ1v) is 9.06. The summed E-state index contributed by atoms with van der Waals surface area (Å²) in [4.78, 5) is 13.0. The number of hydrogen-bond donors (Lipinski definition) is 3. The third kappa shape index (κ3) is 3.71. The third-order valence-corrected chi connectivity index (χ3v) is 5.12. The Hall–Kier alpha value is -1.97. The van der Waals surface area contributed by atoms with Gasteiger partial charge in [0.1, 0.15) is 5.92 Å². The number of carbonyl (C=O) groups excluding carboxylic acids is 1. The summed E-state index contributed by atoms with van der Waals surface area (Å²) in [6.45, 7) is 0. The molecule has 1 aliphatic heterocycles. The number of alkyl halides is 3. The van der Waals surface area contributed by atoms with Crippen LogP contribution in [0.5, 0.6) is 0 Å². The van der Waals surface area contributed by atoms with Gasteiger partial charge in [-0.25, -0.2) is 0 Å². The van der Waals surface area contributed by atoms with Gasteiger partial charge in [0.15, 0.2) is 10.9 Å². The van der Waals surface area contributed by atoms with Gasteiger partial charge < -0.3 is 15.7 Å². The predicted molar refractivity (Wildman–Crippen MR) is 101 cm³/mol. The molecule has 0 bridgehead atoms. The fourth-order valence-corrected chi connectivity index (χ4v) is 3.62. The first kappa shape index (κ1) is 19.8. The minimum Gasteiger partial charge on any atom is -0.363 e. The van der Waals surface area contributed by atoms with Gasteiger partial charge in [-0.15, -0.1) is 0 Å². The molecular weight excluding hydrogens is 445 g/mol. The monoisotopic (exact) mass is 458 g/mol. The lowest BCUT2D eigenvalue weighted by molar-refractivity contribution is -0.285. The van der Waals surface area contributed by atoms with Crippen molar-refractivity contribution in [3.63, 3.8) is 0 Å². The van der Waals surface area contributed by atoms with Crippen molar-refractivity contribution in [2.45, 2.75) is 17.9 Å². The Labute approximate surface area is 166 Å². The van der Waals surface area contributed by atoms with Crippen LogP contribution in [-0.4, -0.2) is 27.9 Å². The van der Waals surface area contributed by atoms with E-state index in [1.54, 1.807) is 42.5 Å². The molecule has 142 valence electrons. The van der Waals surface area contributed by atoms with Gasteiger partial charge in [-0.1, -0.05) is 58.4 Å². The van der Waals surface area contributed by atoms with Crippen LogP contribution in [0, 0.1) is 5.92 Å². The van der Waals surface area contributed by atoms with Crippen LogP contribution in [0.25, 0.3) is 0 Å². The Bertz CT molecular complexity index is 861. The highest BCUT2D eigenvalue weighted by molar-refractivity contribution is 9.10. The van der Waals surface area contributed by atoms with E-state index in [2.05, 4.69) is 21.2 Å². The summed E-state index contributed by atoms with van der Waals surface area (Å²) in [5.41, 5.74) is -3.07. The van der Waals surface area contributed by atoms with E-state index in [4.69, 9.17) is 12.2 Å². The van der Waals surface area contributed by atoms with Crippen molar-refractivity contribution in [2.75, 3.05) is 0 Å². The maximum Gasteiger partial charge on any atom is 0.437 e. The van der Waals surface area contributed by atoms with Crippen molar-refractivity contribution in [1.82, 2.24) is 10.6 Å². The van der Waals surface area contributed by atoms with Crippen LogP contribution in [0.2, 0.25) is 0 Å². The lowest BCUT2D eigenvalue weighted by atomic mass is 9.77. The quantitative estimate of drug-likeness (QED) is 0.483. The maximum absolute atomic E-state index is 13.8. The second-order valence-electron chi connectivity index (χ2n) is 6.10. The van der Waals surface area contributed by atoms with E-state index in [1.807, 2.05) is 5.32 Å². The van der Waals surface area contributed by atoms with Gasteiger partial charge in [-0.05, 0) is 29.9 Å². The number of rotatable bonds is 3. The molecule has 0 saturated carbocycles. The Morgan fingerprint density at radius 2 is 1.70 bits per heavy atom. The van der Waals surface area contributed by atoms with Crippen molar-refractivity contribution < 1.29 is 23.1 Å². The zero-order valence-corrected chi connectivity index (χ0v) is 16.0. The van der Waals surface area contributed by atoms with Gasteiger partial charge >= 0.3 is 6.18 Å². The number of thiocarbonyl (C=S) groups is 1. The second kappa shape index (κ2) is 7.21.